The van der Waals surface area contributed by atoms with E-state index in [4.69, 9.17) is 4.74 Å². The first-order valence-electron chi connectivity index (χ1n) is 7.36. The minimum Gasteiger partial charge on any atom is -0.465 e. The van der Waals surface area contributed by atoms with Gasteiger partial charge in [0.15, 0.2) is 0 Å². The van der Waals surface area contributed by atoms with Crippen LogP contribution in [0.1, 0.15) is 26.0 Å². The molecular weight excluding hydrogens is 256 g/mol. The molecule has 1 aliphatic rings. The van der Waals surface area contributed by atoms with Gasteiger partial charge in [-0.1, -0.05) is 6.92 Å². The molecule has 20 heavy (non-hydrogen) atoms. The molecule has 0 saturated carbocycles. The molecule has 1 aliphatic heterocycles. The summed E-state index contributed by atoms with van der Waals surface area (Å²) in [6.07, 6.45) is 4.83. The standard InChI is InChI=1S/C14H24N4O2/c1-3-6-18-11-16-8-12(18)10-17-7-5-15-9-13(17)14(19)20-4-2/h8,11,13,15H,3-7,9-10H2,1-2H3. The lowest BCUT2D eigenvalue weighted by molar-refractivity contribution is -0.150. The lowest BCUT2D eigenvalue weighted by Gasteiger charge is -2.34. The number of imidazole rings is 1. The van der Waals surface area contributed by atoms with Gasteiger partial charge in [0.25, 0.3) is 0 Å². The fourth-order valence-corrected chi connectivity index (χ4v) is 2.54. The first kappa shape index (κ1) is 15.0. The van der Waals surface area contributed by atoms with Gasteiger partial charge >= 0.3 is 5.97 Å². The van der Waals surface area contributed by atoms with Gasteiger partial charge in [-0.05, 0) is 13.3 Å². The topological polar surface area (TPSA) is 59.4 Å². The van der Waals surface area contributed by atoms with Crippen LogP contribution in [0.15, 0.2) is 12.5 Å². The maximum atomic E-state index is 12.0. The SMILES string of the molecule is CCCn1cncc1CN1CCNCC1C(=O)OCC. The minimum absolute atomic E-state index is 0.138. The maximum Gasteiger partial charge on any atom is 0.324 e. The first-order chi connectivity index (χ1) is 9.76. The van der Waals surface area contributed by atoms with Crippen LogP contribution in [0.2, 0.25) is 0 Å². The average Bonchev–Trinajstić information content (AvgIpc) is 2.87. The summed E-state index contributed by atoms with van der Waals surface area (Å²) < 4.78 is 7.32. The van der Waals surface area contributed by atoms with Gasteiger partial charge < -0.3 is 14.6 Å². The van der Waals surface area contributed by atoms with Gasteiger partial charge in [0.1, 0.15) is 6.04 Å². The summed E-state index contributed by atoms with van der Waals surface area (Å²) in [5, 5.41) is 3.26. The van der Waals surface area contributed by atoms with Crippen molar-refractivity contribution in [2.24, 2.45) is 0 Å². The Hall–Kier alpha value is -1.40. The van der Waals surface area contributed by atoms with E-state index < -0.39 is 0 Å². The van der Waals surface area contributed by atoms with E-state index in [9.17, 15) is 4.79 Å². The summed E-state index contributed by atoms with van der Waals surface area (Å²) in [7, 11) is 0. The number of rotatable bonds is 6. The Morgan fingerprint density at radius 3 is 3.15 bits per heavy atom. The van der Waals surface area contributed by atoms with Crippen LogP contribution in [-0.2, 0) is 22.6 Å². The van der Waals surface area contributed by atoms with Crippen LogP contribution in [0.4, 0.5) is 0 Å². The second-order valence-electron chi connectivity index (χ2n) is 5.02. The summed E-state index contributed by atoms with van der Waals surface area (Å²) in [5.41, 5.74) is 1.16. The highest BCUT2D eigenvalue weighted by Crippen LogP contribution is 2.12. The van der Waals surface area contributed by atoms with E-state index in [1.165, 1.54) is 0 Å². The van der Waals surface area contributed by atoms with Gasteiger partial charge in [-0.25, -0.2) is 4.98 Å². The Labute approximate surface area is 120 Å². The van der Waals surface area contributed by atoms with Gasteiger partial charge in [-0.2, -0.15) is 0 Å². The molecule has 1 saturated heterocycles. The Balaban J connectivity index is 2.04. The average molecular weight is 280 g/mol. The maximum absolute atomic E-state index is 12.0. The third-order valence-corrected chi connectivity index (χ3v) is 3.54. The molecule has 2 heterocycles. The fourth-order valence-electron chi connectivity index (χ4n) is 2.54. The number of carbonyl (C=O) groups is 1. The second kappa shape index (κ2) is 7.40. The molecule has 0 spiro atoms. The van der Waals surface area contributed by atoms with Crippen LogP contribution in [0.5, 0.6) is 0 Å². The van der Waals surface area contributed by atoms with Crippen molar-refractivity contribution in [3.05, 3.63) is 18.2 Å². The molecule has 0 aliphatic carbocycles. The molecule has 6 nitrogen and oxygen atoms in total. The summed E-state index contributed by atoms with van der Waals surface area (Å²) in [5.74, 6) is -0.138. The minimum atomic E-state index is -0.200. The summed E-state index contributed by atoms with van der Waals surface area (Å²) in [4.78, 5) is 18.4. The van der Waals surface area contributed by atoms with Gasteiger partial charge in [-0.15, -0.1) is 0 Å². The molecule has 0 radical (unpaired) electrons. The Morgan fingerprint density at radius 2 is 2.40 bits per heavy atom. The third-order valence-electron chi connectivity index (χ3n) is 3.54. The van der Waals surface area contributed by atoms with Crippen LogP contribution in [-0.4, -0.2) is 52.7 Å². The van der Waals surface area contributed by atoms with Crippen LogP contribution < -0.4 is 5.32 Å². The monoisotopic (exact) mass is 280 g/mol. The molecule has 1 N–H and O–H groups in total. The molecule has 0 amide bonds. The number of carbonyl (C=O) groups excluding carboxylic acids is 1. The predicted octanol–water partition coefficient (Wildman–Crippen LogP) is 0.630. The summed E-state index contributed by atoms with van der Waals surface area (Å²) >= 11 is 0. The number of esters is 1. The highest BCUT2D eigenvalue weighted by atomic mass is 16.5. The smallest absolute Gasteiger partial charge is 0.324 e. The Morgan fingerprint density at radius 1 is 1.55 bits per heavy atom. The Bertz CT molecular complexity index is 433. The van der Waals surface area contributed by atoms with Gasteiger partial charge in [0.05, 0.1) is 18.6 Å². The second-order valence-corrected chi connectivity index (χ2v) is 5.02. The number of ether oxygens (including phenoxy) is 1. The zero-order chi connectivity index (χ0) is 14.4. The number of nitrogens with zero attached hydrogens (tertiary/aromatic N) is 3. The zero-order valence-corrected chi connectivity index (χ0v) is 12.3. The molecule has 0 aromatic carbocycles. The molecule has 6 heteroatoms. The number of piperazine rings is 1. The third kappa shape index (κ3) is 3.58. The van der Waals surface area contributed by atoms with Crippen LogP contribution in [0, 0.1) is 0 Å². The quantitative estimate of drug-likeness (QED) is 0.775. The lowest BCUT2D eigenvalue weighted by Crippen LogP contribution is -2.55. The molecule has 1 aromatic rings. The van der Waals surface area contributed by atoms with Crippen molar-refractivity contribution in [3.63, 3.8) is 0 Å². The number of hydrogen-bond acceptors (Lipinski definition) is 5. The first-order valence-corrected chi connectivity index (χ1v) is 7.36. The fraction of sp³-hybridized carbons (Fsp3) is 0.714. The van der Waals surface area contributed by atoms with Crippen molar-refractivity contribution in [2.45, 2.75) is 39.4 Å². The van der Waals surface area contributed by atoms with Crippen LogP contribution >= 0.6 is 0 Å². The highest BCUT2D eigenvalue weighted by molar-refractivity contribution is 5.76. The van der Waals surface area contributed by atoms with Crippen molar-refractivity contribution in [1.29, 1.82) is 0 Å². The van der Waals surface area contributed by atoms with Crippen LogP contribution in [0.25, 0.3) is 0 Å². The van der Waals surface area contributed by atoms with E-state index >= 15 is 0 Å². The van der Waals surface area contributed by atoms with Crippen molar-refractivity contribution < 1.29 is 9.53 Å². The molecule has 1 unspecified atom stereocenters. The zero-order valence-electron chi connectivity index (χ0n) is 12.3. The molecule has 1 aromatic heterocycles. The van der Waals surface area contributed by atoms with Gasteiger partial charge in [-0.3, -0.25) is 9.69 Å². The number of aryl methyl sites for hydroxylation is 1. The molecule has 112 valence electrons. The Kier molecular flexibility index (Phi) is 5.55. The van der Waals surface area contributed by atoms with Gasteiger partial charge in [0.2, 0.25) is 0 Å². The normalized spacial score (nSPS) is 20.0. The highest BCUT2D eigenvalue weighted by Gasteiger charge is 2.30. The van der Waals surface area contributed by atoms with Crippen molar-refractivity contribution in [2.75, 3.05) is 26.2 Å². The summed E-state index contributed by atoms with van der Waals surface area (Å²) in [6, 6.07) is -0.200. The number of hydrogen-bond donors (Lipinski definition) is 1. The van der Waals surface area contributed by atoms with E-state index in [2.05, 4.69) is 26.7 Å². The van der Waals surface area contributed by atoms with E-state index in [0.717, 1.165) is 38.3 Å². The number of nitrogens with one attached hydrogen (secondary N) is 1. The van der Waals surface area contributed by atoms with E-state index in [-0.39, 0.29) is 12.0 Å². The molecular formula is C14H24N4O2. The van der Waals surface area contributed by atoms with Crippen molar-refractivity contribution >= 4 is 5.97 Å². The predicted molar refractivity (Wildman–Crippen MR) is 76.2 cm³/mol. The summed E-state index contributed by atoms with van der Waals surface area (Å²) in [6.45, 7) is 8.53. The lowest BCUT2D eigenvalue weighted by atomic mass is 10.2. The van der Waals surface area contributed by atoms with E-state index in [0.29, 0.717) is 13.2 Å². The van der Waals surface area contributed by atoms with Crippen molar-refractivity contribution in [3.8, 4) is 0 Å². The van der Waals surface area contributed by atoms with E-state index in [1.807, 2.05) is 19.4 Å². The molecule has 1 atom stereocenters. The molecule has 1 fully saturated rings. The van der Waals surface area contributed by atoms with Crippen molar-refractivity contribution in [1.82, 2.24) is 19.8 Å². The van der Waals surface area contributed by atoms with Gasteiger partial charge in [0, 0.05) is 38.9 Å². The number of aromatic nitrogens is 2. The van der Waals surface area contributed by atoms with E-state index in [1.54, 1.807) is 0 Å². The molecule has 2 rings (SSSR count). The largest absolute Gasteiger partial charge is 0.465 e. The van der Waals surface area contributed by atoms with Crippen LogP contribution in [0.3, 0.4) is 0 Å². The molecule has 0 bridgehead atoms.